The lowest BCUT2D eigenvalue weighted by Crippen LogP contribution is -2.46. The number of methoxy groups -OCH3 is 1. The molecule has 8 heteroatoms. The number of aromatic nitrogens is 1. The number of hydrogen-bond acceptors (Lipinski definition) is 5. The Morgan fingerprint density at radius 2 is 2.07 bits per heavy atom. The zero-order valence-electron chi connectivity index (χ0n) is 15.6. The number of allylic oxidation sites excluding steroid dienone is 1. The van der Waals surface area contributed by atoms with Gasteiger partial charge >= 0.3 is 0 Å². The quantitative estimate of drug-likeness (QED) is 0.465. The molecule has 2 N–H and O–H groups in total. The number of aromatic amines is 1. The van der Waals surface area contributed by atoms with Crippen LogP contribution in [0.1, 0.15) is 31.7 Å². The Morgan fingerprint density at radius 1 is 1.37 bits per heavy atom. The molecule has 0 radical (unpaired) electrons. The Balaban J connectivity index is 2.23. The lowest BCUT2D eigenvalue weighted by atomic mass is 9.81. The van der Waals surface area contributed by atoms with Crippen molar-refractivity contribution in [2.45, 2.75) is 30.9 Å². The summed E-state index contributed by atoms with van der Waals surface area (Å²) >= 11 is 0. The summed E-state index contributed by atoms with van der Waals surface area (Å²) < 4.78 is 29.1. The molecular formula is C19H23N3O4S. The summed E-state index contributed by atoms with van der Waals surface area (Å²) in [5, 5.41) is 11.1. The van der Waals surface area contributed by atoms with Crippen molar-refractivity contribution < 1.29 is 18.3 Å². The van der Waals surface area contributed by atoms with Crippen LogP contribution in [-0.4, -0.2) is 49.2 Å². The third-order valence-corrected chi connectivity index (χ3v) is 7.15. The van der Waals surface area contributed by atoms with Gasteiger partial charge < -0.3 is 14.8 Å². The van der Waals surface area contributed by atoms with E-state index in [9.17, 15) is 13.5 Å². The summed E-state index contributed by atoms with van der Waals surface area (Å²) in [6, 6.07) is 5.48. The molecule has 3 rings (SSSR count). The number of sulfone groups is 1. The number of benzene rings is 1. The van der Waals surface area contributed by atoms with Gasteiger partial charge in [0.05, 0.1) is 7.11 Å². The van der Waals surface area contributed by atoms with Crippen LogP contribution in [0.2, 0.25) is 0 Å². The fraction of sp³-hybridized carbons (Fsp3) is 0.368. The molecule has 1 aliphatic carbocycles. The number of rotatable bonds is 5. The molecule has 144 valence electrons. The molecule has 0 amide bonds. The van der Waals surface area contributed by atoms with Gasteiger partial charge in [-0.05, 0) is 45.0 Å². The minimum Gasteiger partial charge on any atom is -0.511 e. The molecule has 0 atom stereocenters. The predicted octanol–water partition coefficient (Wildman–Crippen LogP) is 3.38. The molecule has 0 spiro atoms. The number of aliphatic hydroxyl groups is 1. The summed E-state index contributed by atoms with van der Waals surface area (Å²) in [5.41, 5.74) is 1.60. The van der Waals surface area contributed by atoms with Gasteiger partial charge in [-0.15, -0.1) is 0 Å². The lowest BCUT2D eigenvalue weighted by Gasteiger charge is -2.40. The highest BCUT2D eigenvalue weighted by Gasteiger charge is 2.51. The number of aliphatic hydroxyl groups excluding tert-OH is 1. The van der Waals surface area contributed by atoms with E-state index < -0.39 is 14.6 Å². The SMILES string of the molecule is C=N/C(=N\C(=C(/C)O)C1(S(C)(=O)=O)CCC1)c1cc(OC)cc2[nH]ccc12. The van der Waals surface area contributed by atoms with E-state index in [1.807, 2.05) is 12.1 Å². The molecule has 1 aromatic heterocycles. The minimum absolute atomic E-state index is 0.130. The molecule has 0 saturated heterocycles. The van der Waals surface area contributed by atoms with Crippen LogP contribution < -0.4 is 4.74 Å². The minimum atomic E-state index is -3.47. The molecule has 7 nitrogen and oxygen atoms in total. The van der Waals surface area contributed by atoms with Crippen molar-refractivity contribution in [2.24, 2.45) is 9.98 Å². The van der Waals surface area contributed by atoms with E-state index in [0.29, 0.717) is 24.2 Å². The maximum atomic E-state index is 12.5. The normalized spacial score (nSPS) is 18.0. The van der Waals surface area contributed by atoms with Crippen LogP contribution >= 0.6 is 0 Å². The van der Waals surface area contributed by atoms with Gasteiger partial charge in [0.2, 0.25) is 0 Å². The third kappa shape index (κ3) is 3.14. The van der Waals surface area contributed by atoms with Crippen molar-refractivity contribution in [1.29, 1.82) is 0 Å². The van der Waals surface area contributed by atoms with Crippen LogP contribution in [-0.2, 0) is 9.84 Å². The maximum absolute atomic E-state index is 12.5. The van der Waals surface area contributed by atoms with Gasteiger partial charge in [-0.3, -0.25) is 0 Å². The van der Waals surface area contributed by atoms with E-state index in [-0.39, 0.29) is 17.3 Å². The van der Waals surface area contributed by atoms with E-state index in [1.165, 1.54) is 13.2 Å². The molecule has 1 aromatic carbocycles. The van der Waals surface area contributed by atoms with Crippen LogP contribution in [0.5, 0.6) is 5.75 Å². The van der Waals surface area contributed by atoms with Crippen LogP contribution in [0.4, 0.5) is 0 Å². The van der Waals surface area contributed by atoms with Crippen molar-refractivity contribution >= 4 is 33.3 Å². The van der Waals surface area contributed by atoms with E-state index in [2.05, 4.69) is 21.7 Å². The third-order valence-electron chi connectivity index (χ3n) is 5.13. The van der Waals surface area contributed by atoms with Crippen molar-refractivity contribution in [1.82, 2.24) is 4.98 Å². The molecule has 0 unspecified atom stereocenters. The Kier molecular flexibility index (Phi) is 4.86. The Labute approximate surface area is 158 Å². The molecule has 0 aliphatic heterocycles. The fourth-order valence-corrected chi connectivity index (χ4v) is 5.10. The van der Waals surface area contributed by atoms with Gasteiger partial charge in [0.25, 0.3) is 0 Å². The van der Waals surface area contributed by atoms with Crippen molar-refractivity contribution in [3.8, 4) is 5.75 Å². The molecule has 27 heavy (non-hydrogen) atoms. The van der Waals surface area contributed by atoms with Gasteiger partial charge in [0.15, 0.2) is 15.7 Å². The number of amidine groups is 1. The second-order valence-electron chi connectivity index (χ2n) is 6.76. The van der Waals surface area contributed by atoms with Crippen molar-refractivity contribution in [2.75, 3.05) is 13.4 Å². The summed E-state index contributed by atoms with van der Waals surface area (Å²) in [6.45, 7) is 5.05. The van der Waals surface area contributed by atoms with E-state index >= 15 is 0 Å². The number of H-pyrrole nitrogens is 1. The maximum Gasteiger partial charge on any atom is 0.159 e. The van der Waals surface area contributed by atoms with Gasteiger partial charge in [-0.25, -0.2) is 18.4 Å². The average Bonchev–Trinajstić information content (AvgIpc) is 3.03. The number of ether oxygens (including phenoxy) is 1. The second kappa shape index (κ2) is 6.84. The van der Waals surface area contributed by atoms with Crippen LogP contribution in [0, 0.1) is 0 Å². The Hall–Kier alpha value is -2.61. The molecule has 0 bridgehead atoms. The topological polar surface area (TPSA) is 104 Å². The van der Waals surface area contributed by atoms with Gasteiger partial charge in [-0.2, -0.15) is 0 Å². The standard InChI is InChI=1S/C19H23N3O4S/c1-12(23)17(19(7-5-8-19)27(4,24)25)22-18(20-2)15-10-13(26-3)11-16-14(15)6-9-21-16/h6,9-11,21,23H,2,5,7-8H2,1,3-4H3/b17-12+,22-18-. The number of hydrogen-bond donors (Lipinski definition) is 2. The van der Waals surface area contributed by atoms with Crippen LogP contribution in [0.15, 0.2) is 45.8 Å². The van der Waals surface area contributed by atoms with Crippen molar-refractivity contribution in [3.63, 3.8) is 0 Å². The highest BCUT2D eigenvalue weighted by molar-refractivity contribution is 7.92. The van der Waals surface area contributed by atoms with E-state index in [1.54, 1.807) is 19.4 Å². The van der Waals surface area contributed by atoms with Crippen LogP contribution in [0.25, 0.3) is 10.9 Å². The molecule has 1 fully saturated rings. The monoisotopic (exact) mass is 389 g/mol. The molecule has 1 aliphatic rings. The first-order chi connectivity index (χ1) is 12.7. The van der Waals surface area contributed by atoms with E-state index in [4.69, 9.17) is 4.74 Å². The Morgan fingerprint density at radius 3 is 2.56 bits per heavy atom. The largest absolute Gasteiger partial charge is 0.511 e. The first-order valence-corrected chi connectivity index (χ1v) is 10.4. The molecule has 1 saturated carbocycles. The highest BCUT2D eigenvalue weighted by atomic mass is 32.2. The highest BCUT2D eigenvalue weighted by Crippen LogP contribution is 2.46. The smallest absolute Gasteiger partial charge is 0.159 e. The molecular weight excluding hydrogens is 366 g/mol. The zero-order chi connectivity index (χ0) is 19.8. The Bertz CT molecular complexity index is 1060. The lowest BCUT2D eigenvalue weighted by molar-refractivity contribution is 0.343. The second-order valence-corrected chi connectivity index (χ2v) is 9.09. The first-order valence-electron chi connectivity index (χ1n) is 8.54. The predicted molar refractivity (Wildman–Crippen MR) is 108 cm³/mol. The van der Waals surface area contributed by atoms with Gasteiger partial charge in [-0.1, -0.05) is 0 Å². The molecule has 1 heterocycles. The van der Waals surface area contributed by atoms with Gasteiger partial charge in [0.1, 0.15) is 22.0 Å². The first kappa shape index (κ1) is 19.2. The summed E-state index contributed by atoms with van der Waals surface area (Å²) in [6.07, 6.45) is 4.57. The number of aliphatic imine (C=N–C) groups is 2. The number of nitrogens with one attached hydrogen (secondary N) is 1. The summed E-state index contributed by atoms with van der Waals surface area (Å²) in [5.74, 6) is 0.704. The van der Waals surface area contributed by atoms with Gasteiger partial charge in [0, 0.05) is 35.0 Å². The number of nitrogens with zero attached hydrogens (tertiary/aromatic N) is 2. The number of fused-ring (bicyclic) bond motifs is 1. The zero-order valence-corrected chi connectivity index (χ0v) is 16.4. The van der Waals surface area contributed by atoms with E-state index in [0.717, 1.165) is 17.3 Å². The van der Waals surface area contributed by atoms with Crippen LogP contribution in [0.3, 0.4) is 0 Å². The van der Waals surface area contributed by atoms with Crippen molar-refractivity contribution in [3.05, 3.63) is 41.4 Å². The molecule has 2 aromatic rings. The fourth-order valence-electron chi connectivity index (χ4n) is 3.52. The summed E-state index contributed by atoms with van der Waals surface area (Å²) in [4.78, 5) is 11.6. The summed E-state index contributed by atoms with van der Waals surface area (Å²) in [7, 11) is -1.91. The average molecular weight is 389 g/mol.